The molecule has 0 aliphatic heterocycles. The number of benzene rings is 3. The monoisotopic (exact) mass is 304 g/mol. The summed E-state index contributed by atoms with van der Waals surface area (Å²) in [5.74, 6) is -0.335. The third-order valence-corrected chi connectivity index (χ3v) is 3.45. The number of amides is 2. The van der Waals surface area contributed by atoms with Crippen molar-refractivity contribution in [2.45, 2.75) is 6.92 Å². The van der Waals surface area contributed by atoms with Crippen LogP contribution in [-0.4, -0.2) is 11.8 Å². The van der Waals surface area contributed by atoms with Crippen LogP contribution in [-0.2, 0) is 4.79 Å². The van der Waals surface area contributed by atoms with Crippen molar-refractivity contribution < 1.29 is 9.59 Å². The van der Waals surface area contributed by atoms with Gasteiger partial charge < -0.3 is 10.6 Å². The Hall–Kier alpha value is -3.14. The van der Waals surface area contributed by atoms with Gasteiger partial charge >= 0.3 is 0 Å². The summed E-state index contributed by atoms with van der Waals surface area (Å²) in [5, 5.41) is 7.65. The van der Waals surface area contributed by atoms with Gasteiger partial charge in [-0.1, -0.05) is 36.4 Å². The van der Waals surface area contributed by atoms with Gasteiger partial charge in [-0.15, -0.1) is 0 Å². The maximum atomic E-state index is 12.4. The van der Waals surface area contributed by atoms with Gasteiger partial charge in [0, 0.05) is 23.9 Å². The molecular weight excluding hydrogens is 288 g/mol. The Labute approximate surface area is 134 Å². The van der Waals surface area contributed by atoms with E-state index in [1.54, 1.807) is 30.3 Å². The lowest BCUT2D eigenvalue weighted by atomic mass is 10.1. The smallest absolute Gasteiger partial charge is 0.255 e. The normalized spacial score (nSPS) is 10.3. The molecule has 2 amide bonds. The number of nitrogens with one attached hydrogen (secondary N) is 2. The minimum atomic E-state index is -0.185. The number of rotatable bonds is 3. The van der Waals surface area contributed by atoms with Crippen LogP contribution in [0.15, 0.2) is 66.7 Å². The van der Waals surface area contributed by atoms with Gasteiger partial charge in [0.2, 0.25) is 5.91 Å². The summed E-state index contributed by atoms with van der Waals surface area (Å²) in [7, 11) is 0. The van der Waals surface area contributed by atoms with E-state index in [-0.39, 0.29) is 11.8 Å². The second-order valence-electron chi connectivity index (χ2n) is 5.28. The first kappa shape index (κ1) is 14.8. The number of hydrogen-bond donors (Lipinski definition) is 2. The standard InChI is InChI=1S/C19H16N2O2/c1-13(22)20-17-7-4-8-18(12-17)21-19(23)16-10-9-14-5-2-3-6-15(14)11-16/h2-12H,1H3,(H,20,22)(H,21,23). The molecule has 23 heavy (non-hydrogen) atoms. The number of fused-ring (bicyclic) bond motifs is 1. The van der Waals surface area contributed by atoms with Crippen LogP contribution >= 0.6 is 0 Å². The summed E-state index contributed by atoms with van der Waals surface area (Å²) in [5.41, 5.74) is 1.87. The molecule has 114 valence electrons. The lowest BCUT2D eigenvalue weighted by Gasteiger charge is -2.08. The zero-order chi connectivity index (χ0) is 16.2. The second-order valence-corrected chi connectivity index (χ2v) is 5.28. The first-order chi connectivity index (χ1) is 11.1. The first-order valence-electron chi connectivity index (χ1n) is 7.29. The van der Waals surface area contributed by atoms with Gasteiger partial charge in [-0.25, -0.2) is 0 Å². The summed E-state index contributed by atoms with van der Waals surface area (Å²) >= 11 is 0. The van der Waals surface area contributed by atoms with E-state index >= 15 is 0 Å². The van der Waals surface area contributed by atoms with Crippen LogP contribution in [0.4, 0.5) is 11.4 Å². The predicted octanol–water partition coefficient (Wildman–Crippen LogP) is 4.05. The highest BCUT2D eigenvalue weighted by molar-refractivity contribution is 6.06. The SMILES string of the molecule is CC(=O)Nc1cccc(NC(=O)c2ccc3ccccc3c2)c1. The molecular formula is C19H16N2O2. The van der Waals surface area contributed by atoms with Crippen molar-refractivity contribution in [3.05, 3.63) is 72.3 Å². The number of anilines is 2. The number of carbonyl (C=O) groups excluding carboxylic acids is 2. The molecule has 3 aromatic rings. The Bertz CT molecular complexity index is 887. The molecule has 2 N–H and O–H groups in total. The quantitative estimate of drug-likeness (QED) is 0.767. The Morgan fingerprint density at radius 3 is 2.17 bits per heavy atom. The number of hydrogen-bond acceptors (Lipinski definition) is 2. The Kier molecular flexibility index (Phi) is 4.06. The molecule has 0 radical (unpaired) electrons. The molecule has 0 heterocycles. The summed E-state index contributed by atoms with van der Waals surface area (Å²) in [6, 6.07) is 20.5. The third-order valence-electron chi connectivity index (χ3n) is 3.45. The van der Waals surface area contributed by atoms with Gasteiger partial charge in [-0.3, -0.25) is 9.59 Å². The Balaban J connectivity index is 1.81. The minimum absolute atomic E-state index is 0.150. The summed E-state index contributed by atoms with van der Waals surface area (Å²) in [6.07, 6.45) is 0. The van der Waals surface area contributed by atoms with Crippen LogP contribution in [0.2, 0.25) is 0 Å². The molecule has 0 spiro atoms. The van der Waals surface area contributed by atoms with E-state index < -0.39 is 0 Å². The average Bonchev–Trinajstić information content (AvgIpc) is 2.54. The molecule has 0 aliphatic carbocycles. The molecule has 3 rings (SSSR count). The Morgan fingerprint density at radius 2 is 1.43 bits per heavy atom. The molecule has 0 saturated carbocycles. The van der Waals surface area contributed by atoms with E-state index in [9.17, 15) is 9.59 Å². The van der Waals surface area contributed by atoms with Gasteiger partial charge in [0.15, 0.2) is 0 Å². The van der Waals surface area contributed by atoms with E-state index in [0.29, 0.717) is 16.9 Å². The molecule has 0 aliphatic rings. The van der Waals surface area contributed by atoms with E-state index in [0.717, 1.165) is 10.8 Å². The molecule has 0 unspecified atom stereocenters. The van der Waals surface area contributed by atoms with Crippen molar-refractivity contribution in [1.29, 1.82) is 0 Å². The van der Waals surface area contributed by atoms with Crippen molar-refractivity contribution in [2.24, 2.45) is 0 Å². The molecule has 0 atom stereocenters. The van der Waals surface area contributed by atoms with Gasteiger partial charge in [0.25, 0.3) is 5.91 Å². The maximum absolute atomic E-state index is 12.4. The van der Waals surface area contributed by atoms with Crippen molar-refractivity contribution in [3.8, 4) is 0 Å². The highest BCUT2D eigenvalue weighted by atomic mass is 16.2. The van der Waals surface area contributed by atoms with Crippen molar-refractivity contribution in [1.82, 2.24) is 0 Å². The lowest BCUT2D eigenvalue weighted by molar-refractivity contribution is -0.114. The van der Waals surface area contributed by atoms with Gasteiger partial charge in [-0.2, -0.15) is 0 Å². The summed E-state index contributed by atoms with van der Waals surface area (Å²) in [4.78, 5) is 23.5. The fourth-order valence-corrected chi connectivity index (χ4v) is 2.41. The number of carbonyl (C=O) groups is 2. The zero-order valence-corrected chi connectivity index (χ0v) is 12.7. The predicted molar refractivity (Wildman–Crippen MR) is 92.6 cm³/mol. The van der Waals surface area contributed by atoms with Crippen molar-refractivity contribution in [2.75, 3.05) is 10.6 Å². The second kappa shape index (κ2) is 6.32. The van der Waals surface area contributed by atoms with Crippen LogP contribution in [0.3, 0.4) is 0 Å². The van der Waals surface area contributed by atoms with Crippen molar-refractivity contribution in [3.63, 3.8) is 0 Å². The minimum Gasteiger partial charge on any atom is -0.326 e. The van der Waals surface area contributed by atoms with E-state index in [4.69, 9.17) is 0 Å². The summed E-state index contributed by atoms with van der Waals surface area (Å²) < 4.78 is 0. The van der Waals surface area contributed by atoms with Gasteiger partial charge in [0.1, 0.15) is 0 Å². The van der Waals surface area contributed by atoms with Crippen LogP contribution in [0, 0.1) is 0 Å². The van der Waals surface area contributed by atoms with Gasteiger partial charge in [-0.05, 0) is 41.1 Å². The molecule has 3 aromatic carbocycles. The van der Waals surface area contributed by atoms with E-state index in [1.807, 2.05) is 36.4 Å². The van der Waals surface area contributed by atoms with Crippen LogP contribution in [0.25, 0.3) is 10.8 Å². The largest absolute Gasteiger partial charge is 0.326 e. The zero-order valence-electron chi connectivity index (χ0n) is 12.7. The average molecular weight is 304 g/mol. The topological polar surface area (TPSA) is 58.2 Å². The highest BCUT2D eigenvalue weighted by Gasteiger charge is 2.07. The molecule has 4 heteroatoms. The highest BCUT2D eigenvalue weighted by Crippen LogP contribution is 2.19. The molecule has 0 saturated heterocycles. The molecule has 0 bridgehead atoms. The first-order valence-corrected chi connectivity index (χ1v) is 7.29. The fraction of sp³-hybridized carbons (Fsp3) is 0.0526. The van der Waals surface area contributed by atoms with Crippen LogP contribution in [0.1, 0.15) is 17.3 Å². The van der Waals surface area contributed by atoms with E-state index in [1.165, 1.54) is 6.92 Å². The maximum Gasteiger partial charge on any atom is 0.255 e. The fourth-order valence-electron chi connectivity index (χ4n) is 2.41. The lowest BCUT2D eigenvalue weighted by Crippen LogP contribution is -2.12. The van der Waals surface area contributed by atoms with Crippen molar-refractivity contribution >= 4 is 34.0 Å². The Morgan fingerprint density at radius 1 is 0.739 bits per heavy atom. The third kappa shape index (κ3) is 3.55. The molecule has 0 fully saturated rings. The van der Waals surface area contributed by atoms with E-state index in [2.05, 4.69) is 10.6 Å². The molecule has 4 nitrogen and oxygen atoms in total. The van der Waals surface area contributed by atoms with Crippen LogP contribution < -0.4 is 10.6 Å². The molecule has 0 aromatic heterocycles. The van der Waals surface area contributed by atoms with Gasteiger partial charge in [0.05, 0.1) is 0 Å². The summed E-state index contributed by atoms with van der Waals surface area (Å²) in [6.45, 7) is 1.44. The van der Waals surface area contributed by atoms with Crippen LogP contribution in [0.5, 0.6) is 0 Å².